The Kier molecular flexibility index (Phi) is 6.46. The summed E-state index contributed by atoms with van der Waals surface area (Å²) in [5.41, 5.74) is 7.25. The van der Waals surface area contributed by atoms with Crippen LogP contribution in [0.3, 0.4) is 0 Å². The summed E-state index contributed by atoms with van der Waals surface area (Å²) in [5, 5.41) is 9.74. The first kappa shape index (κ1) is 20.8. The van der Waals surface area contributed by atoms with Crippen molar-refractivity contribution >= 4 is 28.2 Å². The number of carbonyl (C=O) groups excluding carboxylic acids is 2. The van der Waals surface area contributed by atoms with E-state index in [-0.39, 0.29) is 18.3 Å². The van der Waals surface area contributed by atoms with E-state index in [0.717, 1.165) is 11.3 Å². The smallest absolute Gasteiger partial charge is 0.348 e. The molecule has 0 atom stereocenters. The molecule has 2 heterocycles. The number of carbonyl (C=O) groups is 2. The molecule has 1 amide bonds. The fraction of sp³-hybridized carbons (Fsp3) is 0.350. The van der Waals surface area contributed by atoms with Crippen molar-refractivity contribution in [1.82, 2.24) is 9.80 Å². The zero-order chi connectivity index (χ0) is 21.0. The summed E-state index contributed by atoms with van der Waals surface area (Å²) in [6.45, 7) is 4.48. The average Bonchev–Trinajstić information content (AvgIpc) is 3.04. The molecule has 0 aliphatic carbocycles. The van der Waals surface area contributed by atoms with Crippen molar-refractivity contribution < 1.29 is 18.7 Å². The number of halogens is 1. The number of piperazine rings is 1. The summed E-state index contributed by atoms with van der Waals surface area (Å²) >= 11 is 1.06. The summed E-state index contributed by atoms with van der Waals surface area (Å²) in [4.78, 5) is 28.9. The van der Waals surface area contributed by atoms with Gasteiger partial charge in [-0.25, -0.2) is 9.18 Å². The summed E-state index contributed by atoms with van der Waals surface area (Å²) < 4.78 is 18.1. The normalized spacial score (nSPS) is 14.4. The number of amides is 1. The second-order valence-electron chi connectivity index (χ2n) is 6.56. The number of nitrogens with two attached hydrogens (primary N) is 1. The molecule has 0 unspecified atom stereocenters. The Balaban J connectivity index is 1.68. The molecular weight excluding hydrogens is 395 g/mol. The summed E-state index contributed by atoms with van der Waals surface area (Å²) in [7, 11) is 0. The van der Waals surface area contributed by atoms with Crippen molar-refractivity contribution in [1.29, 1.82) is 5.26 Å². The lowest BCUT2D eigenvalue weighted by atomic mass is 10.1. The summed E-state index contributed by atoms with van der Waals surface area (Å²) in [5.74, 6) is -1.01. The standard InChI is InChI=1S/C20H21FN4O3S/c1-2-28-20(27)17-16(15(11-22)18(23)29-17)12-24-7-9-25(10-8-24)19(26)13-3-5-14(21)6-4-13/h3-6H,2,7-10,12,23H2,1H3. The van der Waals surface area contributed by atoms with Gasteiger partial charge in [0.1, 0.15) is 21.8 Å². The van der Waals surface area contributed by atoms with Crippen LogP contribution in [0, 0.1) is 17.1 Å². The van der Waals surface area contributed by atoms with Crippen molar-refractivity contribution in [2.75, 3.05) is 38.5 Å². The van der Waals surface area contributed by atoms with E-state index in [0.29, 0.717) is 59.3 Å². The molecule has 0 bridgehead atoms. The van der Waals surface area contributed by atoms with E-state index in [1.807, 2.05) is 0 Å². The van der Waals surface area contributed by atoms with Crippen LogP contribution in [-0.2, 0) is 11.3 Å². The van der Waals surface area contributed by atoms with Crippen LogP contribution in [0.1, 0.15) is 38.1 Å². The van der Waals surface area contributed by atoms with Crippen LogP contribution in [0.15, 0.2) is 24.3 Å². The minimum Gasteiger partial charge on any atom is -0.462 e. The van der Waals surface area contributed by atoms with Crippen LogP contribution in [-0.4, -0.2) is 54.5 Å². The molecule has 1 aromatic carbocycles. The van der Waals surface area contributed by atoms with Crippen LogP contribution in [0.4, 0.5) is 9.39 Å². The third-order valence-electron chi connectivity index (χ3n) is 4.74. The molecule has 152 valence electrons. The monoisotopic (exact) mass is 416 g/mol. The van der Waals surface area contributed by atoms with Gasteiger partial charge in [-0.2, -0.15) is 5.26 Å². The summed E-state index contributed by atoms with van der Waals surface area (Å²) in [6, 6.07) is 7.57. The van der Waals surface area contributed by atoms with E-state index >= 15 is 0 Å². The largest absolute Gasteiger partial charge is 0.462 e. The van der Waals surface area contributed by atoms with Crippen LogP contribution in [0.25, 0.3) is 0 Å². The predicted molar refractivity (Wildman–Crippen MR) is 107 cm³/mol. The highest BCUT2D eigenvalue weighted by atomic mass is 32.1. The second-order valence-corrected chi connectivity index (χ2v) is 7.61. The molecule has 7 nitrogen and oxygen atoms in total. The van der Waals surface area contributed by atoms with E-state index in [2.05, 4.69) is 11.0 Å². The van der Waals surface area contributed by atoms with Gasteiger partial charge in [-0.1, -0.05) is 0 Å². The molecule has 1 aliphatic heterocycles. The van der Waals surface area contributed by atoms with Crippen LogP contribution < -0.4 is 5.73 Å². The third-order valence-corrected chi connectivity index (χ3v) is 5.78. The minimum absolute atomic E-state index is 0.144. The first-order chi connectivity index (χ1) is 13.9. The predicted octanol–water partition coefficient (Wildman–Crippen LogP) is 2.48. The van der Waals surface area contributed by atoms with Crippen molar-refractivity contribution in [2.24, 2.45) is 0 Å². The first-order valence-corrected chi connectivity index (χ1v) is 10.0. The van der Waals surface area contributed by atoms with E-state index < -0.39 is 5.97 Å². The van der Waals surface area contributed by atoms with Gasteiger partial charge in [-0.15, -0.1) is 11.3 Å². The number of benzene rings is 1. The second kappa shape index (κ2) is 9.03. The number of esters is 1. The fourth-order valence-corrected chi connectivity index (χ4v) is 4.15. The SMILES string of the molecule is CCOC(=O)c1sc(N)c(C#N)c1CN1CCN(C(=O)c2ccc(F)cc2)CC1. The maximum absolute atomic E-state index is 13.1. The van der Waals surface area contributed by atoms with E-state index in [4.69, 9.17) is 10.5 Å². The van der Waals surface area contributed by atoms with Crippen molar-refractivity contribution in [3.05, 3.63) is 51.7 Å². The molecule has 1 aliphatic rings. The van der Waals surface area contributed by atoms with Crippen molar-refractivity contribution in [3.8, 4) is 6.07 Å². The Bertz CT molecular complexity index is 944. The number of rotatable bonds is 5. The number of ether oxygens (including phenoxy) is 1. The topological polar surface area (TPSA) is 99.7 Å². The fourth-order valence-electron chi connectivity index (χ4n) is 3.23. The Morgan fingerprint density at radius 2 is 1.90 bits per heavy atom. The lowest BCUT2D eigenvalue weighted by molar-refractivity contribution is 0.0529. The van der Waals surface area contributed by atoms with Crippen LogP contribution >= 0.6 is 11.3 Å². The molecule has 29 heavy (non-hydrogen) atoms. The van der Waals surface area contributed by atoms with Crippen molar-refractivity contribution in [2.45, 2.75) is 13.5 Å². The number of nitriles is 1. The molecule has 2 aromatic rings. The molecule has 0 spiro atoms. The molecule has 9 heteroatoms. The van der Waals surface area contributed by atoms with Gasteiger partial charge in [0.25, 0.3) is 5.91 Å². The van der Waals surface area contributed by atoms with Gasteiger partial charge < -0.3 is 15.4 Å². The molecule has 2 N–H and O–H groups in total. The molecule has 0 saturated carbocycles. The lowest BCUT2D eigenvalue weighted by Gasteiger charge is -2.34. The lowest BCUT2D eigenvalue weighted by Crippen LogP contribution is -2.48. The highest BCUT2D eigenvalue weighted by Crippen LogP contribution is 2.32. The van der Waals surface area contributed by atoms with Gasteiger partial charge in [0.05, 0.1) is 12.2 Å². The zero-order valence-electron chi connectivity index (χ0n) is 16.0. The molecule has 0 radical (unpaired) electrons. The Morgan fingerprint density at radius 3 is 2.48 bits per heavy atom. The van der Waals surface area contributed by atoms with Crippen LogP contribution in [0.5, 0.6) is 0 Å². The molecule has 1 fully saturated rings. The number of hydrogen-bond donors (Lipinski definition) is 1. The summed E-state index contributed by atoms with van der Waals surface area (Å²) in [6.07, 6.45) is 0. The van der Waals surface area contributed by atoms with Crippen molar-refractivity contribution in [3.63, 3.8) is 0 Å². The van der Waals surface area contributed by atoms with Gasteiger partial charge in [0.15, 0.2) is 0 Å². The number of hydrogen-bond acceptors (Lipinski definition) is 7. The molecule has 1 aromatic heterocycles. The minimum atomic E-state index is -0.481. The van der Waals surface area contributed by atoms with Crippen LogP contribution in [0.2, 0.25) is 0 Å². The van der Waals surface area contributed by atoms with Gasteiger partial charge in [-0.3, -0.25) is 9.69 Å². The van der Waals surface area contributed by atoms with E-state index in [1.165, 1.54) is 24.3 Å². The number of nitrogen functional groups attached to an aromatic ring is 1. The van der Waals surface area contributed by atoms with Gasteiger partial charge >= 0.3 is 5.97 Å². The maximum Gasteiger partial charge on any atom is 0.348 e. The molecule has 1 saturated heterocycles. The zero-order valence-corrected chi connectivity index (χ0v) is 16.8. The third kappa shape index (κ3) is 4.55. The quantitative estimate of drug-likeness (QED) is 0.752. The highest BCUT2D eigenvalue weighted by Gasteiger charge is 2.27. The van der Waals surface area contributed by atoms with Gasteiger partial charge in [0, 0.05) is 43.9 Å². The Labute approximate surface area is 172 Å². The van der Waals surface area contributed by atoms with Gasteiger partial charge in [-0.05, 0) is 31.2 Å². The number of nitrogens with zero attached hydrogens (tertiary/aromatic N) is 3. The average molecular weight is 416 g/mol. The van der Waals surface area contributed by atoms with E-state index in [1.54, 1.807) is 11.8 Å². The maximum atomic E-state index is 13.1. The van der Waals surface area contributed by atoms with E-state index in [9.17, 15) is 19.2 Å². The van der Waals surface area contributed by atoms with Gasteiger partial charge in [0.2, 0.25) is 0 Å². The number of thiophene rings is 1. The molecular formula is C20H21FN4O3S. The Hall–Kier alpha value is -2.96. The Morgan fingerprint density at radius 1 is 1.24 bits per heavy atom. The molecule has 3 rings (SSSR count). The number of anilines is 1. The highest BCUT2D eigenvalue weighted by molar-refractivity contribution is 7.18. The first-order valence-electron chi connectivity index (χ1n) is 9.20.